The van der Waals surface area contributed by atoms with Gasteiger partial charge in [-0.05, 0) is 29.8 Å². The van der Waals surface area contributed by atoms with Gasteiger partial charge in [-0.2, -0.15) is 0 Å². The number of hydrogen-bond acceptors (Lipinski definition) is 5. The molecule has 1 aromatic heterocycles. The van der Waals surface area contributed by atoms with Gasteiger partial charge in [0, 0.05) is 18.7 Å². The Hall–Kier alpha value is -1.70. The first-order valence-electron chi connectivity index (χ1n) is 5.61. The Balaban J connectivity index is 3.02. The Labute approximate surface area is 118 Å². The van der Waals surface area contributed by atoms with Gasteiger partial charge in [-0.3, -0.25) is 14.9 Å². The molecule has 0 spiro atoms. The van der Waals surface area contributed by atoms with Gasteiger partial charge in [0.05, 0.1) is 15.8 Å². The number of rotatable bonds is 6. The SMILES string of the molecule is CC(C)N(CCC(=O)O)c1ncc([N+](=O)[O-])cc1Br. The van der Waals surface area contributed by atoms with Crippen molar-refractivity contribution in [2.45, 2.75) is 26.3 Å². The molecule has 19 heavy (non-hydrogen) atoms. The lowest BCUT2D eigenvalue weighted by Gasteiger charge is -2.27. The lowest BCUT2D eigenvalue weighted by Crippen LogP contribution is -2.33. The Bertz CT molecular complexity index is 493. The minimum atomic E-state index is -0.899. The smallest absolute Gasteiger partial charge is 0.305 e. The van der Waals surface area contributed by atoms with Gasteiger partial charge in [0.2, 0.25) is 0 Å². The number of aliphatic carboxylic acids is 1. The van der Waals surface area contributed by atoms with Crippen LogP contribution in [0.3, 0.4) is 0 Å². The maximum atomic E-state index is 10.6. The van der Waals surface area contributed by atoms with Gasteiger partial charge in [0.1, 0.15) is 12.0 Å². The molecule has 104 valence electrons. The third-order valence-corrected chi connectivity index (χ3v) is 3.06. The molecule has 0 amide bonds. The van der Waals surface area contributed by atoms with Gasteiger partial charge in [0.25, 0.3) is 5.69 Å². The molecule has 1 aromatic rings. The molecule has 1 N–H and O–H groups in total. The topological polar surface area (TPSA) is 96.6 Å². The molecular weight excluding hydrogens is 318 g/mol. The highest BCUT2D eigenvalue weighted by Crippen LogP contribution is 2.28. The molecule has 0 saturated carbocycles. The lowest BCUT2D eigenvalue weighted by atomic mass is 10.2. The maximum absolute atomic E-state index is 10.6. The van der Waals surface area contributed by atoms with E-state index in [1.54, 1.807) is 4.90 Å². The first-order valence-corrected chi connectivity index (χ1v) is 6.40. The summed E-state index contributed by atoms with van der Waals surface area (Å²) in [6.45, 7) is 4.09. The number of carboxylic acid groups (broad SMARTS) is 1. The van der Waals surface area contributed by atoms with Crippen molar-refractivity contribution in [3.8, 4) is 0 Å². The number of anilines is 1. The highest BCUT2D eigenvalue weighted by molar-refractivity contribution is 9.10. The number of nitro groups is 1. The van der Waals surface area contributed by atoms with Gasteiger partial charge >= 0.3 is 5.97 Å². The molecule has 0 fully saturated rings. The number of carbonyl (C=O) groups is 1. The van der Waals surface area contributed by atoms with Crippen LogP contribution in [-0.4, -0.2) is 33.6 Å². The standard InChI is InChI=1S/C11H14BrN3O4/c1-7(2)14(4-3-10(16)17)11-9(12)5-8(6-13-11)15(18)19/h5-7H,3-4H2,1-2H3,(H,16,17). The summed E-state index contributed by atoms with van der Waals surface area (Å²) in [5.74, 6) is -0.398. The van der Waals surface area contributed by atoms with Gasteiger partial charge < -0.3 is 10.0 Å². The van der Waals surface area contributed by atoms with Crippen LogP contribution in [0.4, 0.5) is 11.5 Å². The zero-order valence-corrected chi connectivity index (χ0v) is 12.1. The largest absolute Gasteiger partial charge is 0.481 e. The fraction of sp³-hybridized carbons (Fsp3) is 0.455. The molecular formula is C11H14BrN3O4. The van der Waals surface area contributed by atoms with E-state index in [0.717, 1.165) is 6.20 Å². The Morgan fingerprint density at radius 3 is 2.68 bits per heavy atom. The summed E-state index contributed by atoms with van der Waals surface area (Å²) in [7, 11) is 0. The van der Waals surface area contributed by atoms with Crippen LogP contribution < -0.4 is 4.90 Å². The van der Waals surface area contributed by atoms with Crippen LogP contribution in [0.15, 0.2) is 16.7 Å². The summed E-state index contributed by atoms with van der Waals surface area (Å²) in [4.78, 5) is 26.6. The molecule has 0 unspecified atom stereocenters. The number of pyridine rings is 1. The molecule has 0 bridgehead atoms. The number of nitrogens with zero attached hydrogens (tertiary/aromatic N) is 3. The van der Waals surface area contributed by atoms with Crippen molar-refractivity contribution in [3.05, 3.63) is 26.9 Å². The van der Waals surface area contributed by atoms with Crippen molar-refractivity contribution in [1.82, 2.24) is 4.98 Å². The highest BCUT2D eigenvalue weighted by atomic mass is 79.9. The highest BCUT2D eigenvalue weighted by Gasteiger charge is 2.18. The number of halogens is 1. The molecule has 0 atom stereocenters. The van der Waals surface area contributed by atoms with Crippen molar-refractivity contribution in [1.29, 1.82) is 0 Å². The van der Waals surface area contributed by atoms with Crippen LogP contribution in [0.1, 0.15) is 20.3 Å². The van der Waals surface area contributed by atoms with Gasteiger partial charge in [0.15, 0.2) is 0 Å². The van der Waals surface area contributed by atoms with Crippen molar-refractivity contribution in [2.24, 2.45) is 0 Å². The summed E-state index contributed by atoms with van der Waals surface area (Å²) in [6.07, 6.45) is 1.14. The Kier molecular flexibility index (Phi) is 5.22. The molecule has 0 aromatic carbocycles. The van der Waals surface area contributed by atoms with E-state index in [9.17, 15) is 14.9 Å². The minimum Gasteiger partial charge on any atom is -0.481 e. The molecule has 1 heterocycles. The van der Waals surface area contributed by atoms with Crippen LogP contribution in [0.25, 0.3) is 0 Å². The minimum absolute atomic E-state index is 0.0245. The number of aromatic nitrogens is 1. The predicted molar refractivity (Wildman–Crippen MR) is 73.3 cm³/mol. The van der Waals surface area contributed by atoms with E-state index >= 15 is 0 Å². The number of carboxylic acids is 1. The molecule has 0 radical (unpaired) electrons. The van der Waals surface area contributed by atoms with Crippen LogP contribution in [-0.2, 0) is 4.79 Å². The normalized spacial score (nSPS) is 10.5. The molecule has 0 aliphatic carbocycles. The van der Waals surface area contributed by atoms with Crippen LogP contribution in [0, 0.1) is 10.1 Å². The van der Waals surface area contributed by atoms with E-state index in [-0.39, 0.29) is 24.7 Å². The van der Waals surface area contributed by atoms with E-state index in [1.807, 2.05) is 13.8 Å². The predicted octanol–water partition coefficient (Wildman–Crippen LogP) is 2.44. The zero-order chi connectivity index (χ0) is 14.6. The second-order valence-corrected chi connectivity index (χ2v) is 5.04. The van der Waals surface area contributed by atoms with Crippen molar-refractivity contribution in [3.63, 3.8) is 0 Å². The van der Waals surface area contributed by atoms with E-state index in [0.29, 0.717) is 10.3 Å². The van der Waals surface area contributed by atoms with Crippen molar-refractivity contribution >= 4 is 33.4 Å². The third-order valence-electron chi connectivity index (χ3n) is 2.48. The second kappa shape index (κ2) is 6.46. The average molecular weight is 332 g/mol. The molecule has 8 heteroatoms. The quantitative estimate of drug-likeness (QED) is 0.635. The second-order valence-electron chi connectivity index (χ2n) is 4.19. The molecule has 7 nitrogen and oxygen atoms in total. The molecule has 0 saturated heterocycles. The molecule has 0 aliphatic rings. The van der Waals surface area contributed by atoms with Crippen LogP contribution >= 0.6 is 15.9 Å². The van der Waals surface area contributed by atoms with Gasteiger partial charge in [-0.15, -0.1) is 0 Å². The Morgan fingerprint density at radius 1 is 1.63 bits per heavy atom. The molecule has 0 aliphatic heterocycles. The lowest BCUT2D eigenvalue weighted by molar-refractivity contribution is -0.385. The number of hydrogen-bond donors (Lipinski definition) is 1. The fourth-order valence-electron chi connectivity index (χ4n) is 1.56. The zero-order valence-electron chi connectivity index (χ0n) is 10.5. The van der Waals surface area contributed by atoms with Crippen LogP contribution in [0.5, 0.6) is 0 Å². The first-order chi connectivity index (χ1) is 8.82. The van der Waals surface area contributed by atoms with E-state index in [1.165, 1.54) is 6.07 Å². The van der Waals surface area contributed by atoms with Crippen molar-refractivity contribution in [2.75, 3.05) is 11.4 Å². The summed E-state index contributed by atoms with van der Waals surface area (Å²) in [5, 5.41) is 19.4. The summed E-state index contributed by atoms with van der Waals surface area (Å²) >= 11 is 3.24. The third kappa shape index (κ3) is 4.16. The summed E-state index contributed by atoms with van der Waals surface area (Å²) in [5.41, 5.74) is -0.113. The van der Waals surface area contributed by atoms with Crippen LogP contribution in [0.2, 0.25) is 0 Å². The monoisotopic (exact) mass is 331 g/mol. The van der Waals surface area contributed by atoms with Gasteiger partial charge in [-0.25, -0.2) is 4.98 Å². The molecule has 1 rings (SSSR count). The summed E-state index contributed by atoms with van der Waals surface area (Å²) in [6, 6.07) is 1.39. The Morgan fingerprint density at radius 2 is 2.26 bits per heavy atom. The van der Waals surface area contributed by atoms with Crippen molar-refractivity contribution < 1.29 is 14.8 Å². The van der Waals surface area contributed by atoms with Gasteiger partial charge in [-0.1, -0.05) is 0 Å². The fourth-order valence-corrected chi connectivity index (χ4v) is 2.12. The van der Waals surface area contributed by atoms with E-state index in [2.05, 4.69) is 20.9 Å². The average Bonchev–Trinajstić information content (AvgIpc) is 2.30. The summed E-state index contributed by atoms with van der Waals surface area (Å²) < 4.78 is 0.473. The maximum Gasteiger partial charge on any atom is 0.305 e. The van der Waals surface area contributed by atoms with E-state index in [4.69, 9.17) is 5.11 Å². The first kappa shape index (κ1) is 15.4. The van der Waals surface area contributed by atoms with E-state index < -0.39 is 10.9 Å².